The molecule has 5 nitrogen and oxygen atoms in total. The van der Waals surface area contributed by atoms with Gasteiger partial charge in [0.25, 0.3) is 5.91 Å². The molecule has 0 aliphatic carbocycles. The minimum absolute atomic E-state index is 0.306. The monoisotopic (exact) mass is 373 g/mol. The molecule has 3 aromatic carbocycles. The van der Waals surface area contributed by atoms with E-state index in [0.29, 0.717) is 11.3 Å². The van der Waals surface area contributed by atoms with Gasteiger partial charge in [-0.1, -0.05) is 48.5 Å². The Kier molecular flexibility index (Phi) is 4.81. The molecule has 0 aliphatic rings. The zero-order valence-corrected chi connectivity index (χ0v) is 15.3. The van der Waals surface area contributed by atoms with Crippen molar-refractivity contribution in [3.63, 3.8) is 0 Å². The van der Waals surface area contributed by atoms with Gasteiger partial charge in [0.2, 0.25) is 0 Å². The van der Waals surface area contributed by atoms with Crippen LogP contribution in [0.25, 0.3) is 21.5 Å². The third-order valence-electron chi connectivity index (χ3n) is 4.66. The smallest absolute Gasteiger partial charge is 0.339 e. The Morgan fingerprint density at radius 2 is 1.61 bits per heavy atom. The van der Waals surface area contributed by atoms with Crippen LogP contribution in [0.15, 0.2) is 77.4 Å². The molecule has 0 bridgehead atoms. The fourth-order valence-corrected chi connectivity index (χ4v) is 3.33. The van der Waals surface area contributed by atoms with Gasteiger partial charge in [-0.3, -0.25) is 4.79 Å². The largest absolute Gasteiger partial charge is 0.467 e. The van der Waals surface area contributed by atoms with Crippen molar-refractivity contribution in [1.29, 1.82) is 0 Å². The van der Waals surface area contributed by atoms with Gasteiger partial charge in [0, 0.05) is 0 Å². The van der Waals surface area contributed by atoms with Gasteiger partial charge in [0.05, 0.1) is 17.9 Å². The second-order valence-electron chi connectivity index (χ2n) is 6.57. The van der Waals surface area contributed by atoms with E-state index in [2.05, 4.69) is 5.32 Å². The Hall–Kier alpha value is -3.60. The molecule has 1 amide bonds. The maximum absolute atomic E-state index is 12.9. The topological polar surface area (TPSA) is 68.5 Å². The lowest BCUT2D eigenvalue weighted by Crippen LogP contribution is -2.31. The number of fused-ring (bicyclic) bond motifs is 2. The summed E-state index contributed by atoms with van der Waals surface area (Å²) in [6, 6.07) is 20.6. The van der Waals surface area contributed by atoms with E-state index in [-0.39, 0.29) is 18.6 Å². The van der Waals surface area contributed by atoms with Crippen LogP contribution < -0.4 is 5.32 Å². The van der Waals surface area contributed by atoms with Gasteiger partial charge in [-0.15, -0.1) is 0 Å². The van der Waals surface area contributed by atoms with Crippen LogP contribution in [0.5, 0.6) is 0 Å². The highest BCUT2D eigenvalue weighted by molar-refractivity contribution is 6.16. The lowest BCUT2D eigenvalue weighted by Gasteiger charge is -2.13. The fourth-order valence-electron chi connectivity index (χ4n) is 3.33. The number of furan rings is 1. The Balaban J connectivity index is 1.56. The summed E-state index contributed by atoms with van der Waals surface area (Å²) in [5.74, 6) is -0.268. The number of benzene rings is 3. The number of carbonyl (C=O) groups excluding carboxylic acids is 2. The summed E-state index contributed by atoms with van der Waals surface area (Å²) in [7, 11) is 0. The van der Waals surface area contributed by atoms with Crippen molar-refractivity contribution < 1.29 is 18.7 Å². The van der Waals surface area contributed by atoms with Crippen molar-refractivity contribution in [3.8, 4) is 0 Å². The van der Waals surface area contributed by atoms with Crippen LogP contribution in [0.2, 0.25) is 0 Å². The Bertz CT molecular complexity index is 1090. The van der Waals surface area contributed by atoms with Crippen LogP contribution in [0.3, 0.4) is 0 Å². The molecule has 1 aromatic heterocycles. The number of amides is 1. The van der Waals surface area contributed by atoms with E-state index in [1.165, 1.54) is 0 Å². The van der Waals surface area contributed by atoms with E-state index >= 15 is 0 Å². The highest BCUT2D eigenvalue weighted by Crippen LogP contribution is 2.29. The lowest BCUT2D eigenvalue weighted by atomic mass is 9.97. The second kappa shape index (κ2) is 7.56. The lowest BCUT2D eigenvalue weighted by molar-refractivity contribution is -0.125. The molecule has 0 aliphatic heterocycles. The normalized spacial score (nSPS) is 12.0. The number of hydrogen-bond donors (Lipinski definition) is 1. The average Bonchev–Trinajstić information content (AvgIpc) is 3.25. The maximum atomic E-state index is 12.9. The molecule has 4 aromatic rings. The Labute approximate surface area is 161 Å². The maximum Gasteiger partial charge on any atom is 0.339 e. The van der Waals surface area contributed by atoms with Crippen LogP contribution in [0, 0.1) is 0 Å². The van der Waals surface area contributed by atoms with Gasteiger partial charge >= 0.3 is 5.97 Å². The summed E-state index contributed by atoms with van der Waals surface area (Å²) in [5, 5.41) is 6.25. The van der Waals surface area contributed by atoms with E-state index in [1.807, 2.05) is 54.6 Å². The standard InChI is InChI=1S/C23H19NO4/c1-15(20-11-6-12-27-20)24-21(25)14-28-23(26)22-18-9-4-2-7-16(18)13-17-8-3-5-10-19(17)22/h2-13,15H,14H2,1H3,(H,24,25)/t15-/m0/s1. The van der Waals surface area contributed by atoms with Crippen molar-refractivity contribution >= 4 is 33.4 Å². The van der Waals surface area contributed by atoms with Gasteiger partial charge in [0.15, 0.2) is 6.61 Å². The summed E-state index contributed by atoms with van der Waals surface area (Å²) in [5.41, 5.74) is 0.473. The first kappa shape index (κ1) is 17.8. The zero-order valence-electron chi connectivity index (χ0n) is 15.3. The molecular weight excluding hydrogens is 354 g/mol. The Morgan fingerprint density at radius 3 is 2.21 bits per heavy atom. The van der Waals surface area contributed by atoms with Crippen LogP contribution in [0.1, 0.15) is 29.1 Å². The second-order valence-corrected chi connectivity index (χ2v) is 6.57. The first-order valence-corrected chi connectivity index (χ1v) is 9.04. The minimum Gasteiger partial charge on any atom is -0.467 e. The molecule has 5 heteroatoms. The molecule has 28 heavy (non-hydrogen) atoms. The number of ether oxygens (including phenoxy) is 1. The summed E-state index contributed by atoms with van der Waals surface area (Å²) in [4.78, 5) is 25.1. The number of hydrogen-bond acceptors (Lipinski definition) is 4. The Morgan fingerprint density at radius 1 is 0.964 bits per heavy atom. The first-order valence-electron chi connectivity index (χ1n) is 9.04. The average molecular weight is 373 g/mol. The van der Waals surface area contributed by atoms with Crippen LogP contribution in [0.4, 0.5) is 0 Å². The molecule has 1 atom stereocenters. The molecule has 4 rings (SSSR count). The molecule has 0 saturated heterocycles. The van der Waals surface area contributed by atoms with Crippen molar-refractivity contribution in [2.75, 3.05) is 6.61 Å². The van der Waals surface area contributed by atoms with Gasteiger partial charge < -0.3 is 14.5 Å². The molecule has 0 fully saturated rings. The zero-order chi connectivity index (χ0) is 19.5. The SMILES string of the molecule is C[C@H](NC(=O)COC(=O)c1c2ccccc2cc2ccccc12)c1ccco1. The third-order valence-corrected chi connectivity index (χ3v) is 4.66. The van der Waals surface area contributed by atoms with Crippen molar-refractivity contribution in [2.24, 2.45) is 0 Å². The molecule has 0 radical (unpaired) electrons. The van der Waals surface area contributed by atoms with Crippen LogP contribution >= 0.6 is 0 Å². The quantitative estimate of drug-likeness (QED) is 0.409. The molecular formula is C23H19NO4. The number of carbonyl (C=O) groups is 2. The molecule has 1 heterocycles. The fraction of sp³-hybridized carbons (Fsp3) is 0.130. The molecule has 0 unspecified atom stereocenters. The van der Waals surface area contributed by atoms with E-state index in [4.69, 9.17) is 9.15 Å². The molecule has 1 N–H and O–H groups in total. The van der Waals surface area contributed by atoms with Crippen molar-refractivity contribution in [2.45, 2.75) is 13.0 Å². The van der Waals surface area contributed by atoms with E-state index in [0.717, 1.165) is 21.5 Å². The summed E-state index contributed by atoms with van der Waals surface area (Å²) in [6.07, 6.45) is 1.55. The van der Waals surface area contributed by atoms with Crippen molar-refractivity contribution in [3.05, 3.63) is 84.3 Å². The van der Waals surface area contributed by atoms with Gasteiger partial charge in [-0.2, -0.15) is 0 Å². The van der Waals surface area contributed by atoms with E-state index in [1.54, 1.807) is 25.3 Å². The summed E-state index contributed by atoms with van der Waals surface area (Å²) >= 11 is 0. The predicted octanol–water partition coefficient (Wildman–Crippen LogP) is 4.62. The molecule has 140 valence electrons. The highest BCUT2D eigenvalue weighted by atomic mass is 16.5. The van der Waals surface area contributed by atoms with Crippen LogP contribution in [-0.4, -0.2) is 18.5 Å². The van der Waals surface area contributed by atoms with E-state index in [9.17, 15) is 9.59 Å². The van der Waals surface area contributed by atoms with Gasteiger partial charge in [-0.25, -0.2) is 4.79 Å². The molecule has 0 saturated carbocycles. The van der Waals surface area contributed by atoms with Gasteiger partial charge in [-0.05, 0) is 46.7 Å². The number of esters is 1. The molecule has 0 spiro atoms. The summed E-state index contributed by atoms with van der Waals surface area (Å²) < 4.78 is 10.6. The predicted molar refractivity (Wildman–Crippen MR) is 107 cm³/mol. The third kappa shape index (κ3) is 3.47. The van der Waals surface area contributed by atoms with Crippen LogP contribution in [-0.2, 0) is 9.53 Å². The number of nitrogens with one attached hydrogen (secondary N) is 1. The minimum atomic E-state index is -0.520. The summed E-state index contributed by atoms with van der Waals surface area (Å²) in [6.45, 7) is 1.44. The number of rotatable bonds is 5. The highest BCUT2D eigenvalue weighted by Gasteiger charge is 2.18. The van der Waals surface area contributed by atoms with Gasteiger partial charge in [0.1, 0.15) is 5.76 Å². The van der Waals surface area contributed by atoms with E-state index < -0.39 is 5.97 Å². The van der Waals surface area contributed by atoms with Crippen molar-refractivity contribution in [1.82, 2.24) is 5.32 Å². The first-order chi connectivity index (χ1) is 13.6.